The van der Waals surface area contributed by atoms with Crippen LogP contribution in [0.5, 0.6) is 0 Å². The van der Waals surface area contributed by atoms with E-state index in [4.69, 9.17) is 0 Å². The SMILES string of the molecule is CNC(c1cccc(C)c1I)c1cncc2ccccc12. The Labute approximate surface area is 138 Å². The van der Waals surface area contributed by atoms with E-state index in [0.29, 0.717) is 0 Å². The van der Waals surface area contributed by atoms with E-state index >= 15 is 0 Å². The van der Waals surface area contributed by atoms with Gasteiger partial charge in [-0.2, -0.15) is 0 Å². The summed E-state index contributed by atoms with van der Waals surface area (Å²) in [4.78, 5) is 4.42. The lowest BCUT2D eigenvalue weighted by Gasteiger charge is -2.21. The summed E-state index contributed by atoms with van der Waals surface area (Å²) in [6.07, 6.45) is 3.90. The number of rotatable bonds is 3. The maximum absolute atomic E-state index is 4.42. The van der Waals surface area contributed by atoms with Crippen molar-refractivity contribution in [3.05, 3.63) is 75.1 Å². The number of fused-ring (bicyclic) bond motifs is 1. The molecular formula is C18H17IN2. The molecule has 1 heterocycles. The van der Waals surface area contributed by atoms with Crippen molar-refractivity contribution in [3.8, 4) is 0 Å². The Kier molecular flexibility index (Phi) is 4.22. The highest BCUT2D eigenvalue weighted by molar-refractivity contribution is 14.1. The zero-order valence-electron chi connectivity index (χ0n) is 12.1. The summed E-state index contributed by atoms with van der Waals surface area (Å²) in [5.74, 6) is 0. The van der Waals surface area contributed by atoms with Gasteiger partial charge in [0.2, 0.25) is 0 Å². The number of hydrogen-bond acceptors (Lipinski definition) is 2. The van der Waals surface area contributed by atoms with Crippen LogP contribution in [-0.4, -0.2) is 12.0 Å². The second-order valence-corrected chi connectivity index (χ2v) is 6.23. The van der Waals surface area contributed by atoms with Gasteiger partial charge in [-0.1, -0.05) is 42.5 Å². The van der Waals surface area contributed by atoms with Gasteiger partial charge in [0.1, 0.15) is 0 Å². The van der Waals surface area contributed by atoms with Crippen LogP contribution in [0.15, 0.2) is 54.9 Å². The molecule has 1 N–H and O–H groups in total. The van der Waals surface area contributed by atoms with Crippen molar-refractivity contribution in [2.45, 2.75) is 13.0 Å². The van der Waals surface area contributed by atoms with Crippen LogP contribution in [0, 0.1) is 10.5 Å². The molecule has 2 aromatic carbocycles. The van der Waals surface area contributed by atoms with Crippen LogP contribution < -0.4 is 5.32 Å². The smallest absolute Gasteiger partial charge is 0.0606 e. The molecule has 0 amide bonds. The minimum atomic E-state index is 0.149. The van der Waals surface area contributed by atoms with Gasteiger partial charge in [-0.3, -0.25) is 4.98 Å². The highest BCUT2D eigenvalue weighted by Gasteiger charge is 2.18. The van der Waals surface area contributed by atoms with E-state index in [9.17, 15) is 0 Å². The monoisotopic (exact) mass is 388 g/mol. The minimum absolute atomic E-state index is 0.149. The van der Waals surface area contributed by atoms with Crippen molar-refractivity contribution >= 4 is 33.4 Å². The number of nitrogens with zero attached hydrogens (tertiary/aromatic N) is 1. The Balaban J connectivity index is 2.21. The van der Waals surface area contributed by atoms with Crippen LogP contribution in [0.4, 0.5) is 0 Å². The van der Waals surface area contributed by atoms with Crippen molar-refractivity contribution in [1.82, 2.24) is 10.3 Å². The summed E-state index contributed by atoms with van der Waals surface area (Å²) in [7, 11) is 2.00. The fourth-order valence-corrected chi connectivity index (χ4v) is 3.41. The summed E-state index contributed by atoms with van der Waals surface area (Å²) in [6, 6.07) is 15.0. The van der Waals surface area contributed by atoms with Crippen molar-refractivity contribution in [2.24, 2.45) is 0 Å². The van der Waals surface area contributed by atoms with E-state index in [-0.39, 0.29) is 6.04 Å². The molecule has 0 saturated heterocycles. The van der Waals surface area contributed by atoms with Gasteiger partial charge in [0, 0.05) is 21.4 Å². The van der Waals surface area contributed by atoms with Gasteiger partial charge in [0.25, 0.3) is 0 Å². The maximum Gasteiger partial charge on any atom is 0.0606 e. The lowest BCUT2D eigenvalue weighted by molar-refractivity contribution is 0.690. The molecule has 2 nitrogen and oxygen atoms in total. The highest BCUT2D eigenvalue weighted by atomic mass is 127. The van der Waals surface area contributed by atoms with Gasteiger partial charge in [-0.25, -0.2) is 0 Å². The van der Waals surface area contributed by atoms with Gasteiger partial charge < -0.3 is 5.32 Å². The largest absolute Gasteiger partial charge is 0.309 e. The van der Waals surface area contributed by atoms with E-state index in [0.717, 1.165) is 0 Å². The van der Waals surface area contributed by atoms with Crippen LogP contribution in [0.3, 0.4) is 0 Å². The molecule has 3 heteroatoms. The number of nitrogens with one attached hydrogen (secondary N) is 1. The maximum atomic E-state index is 4.42. The Morgan fingerprint density at radius 3 is 2.62 bits per heavy atom. The van der Waals surface area contributed by atoms with Crippen LogP contribution in [0.25, 0.3) is 10.8 Å². The number of pyridine rings is 1. The molecule has 0 fully saturated rings. The molecule has 0 aliphatic carbocycles. The van der Waals surface area contributed by atoms with Crippen molar-refractivity contribution in [1.29, 1.82) is 0 Å². The third-order valence-corrected chi connectivity index (χ3v) is 5.30. The third kappa shape index (κ3) is 2.68. The molecule has 0 aliphatic rings. The molecule has 1 atom stereocenters. The Morgan fingerprint density at radius 1 is 1.00 bits per heavy atom. The van der Waals surface area contributed by atoms with E-state index in [1.807, 2.05) is 19.4 Å². The molecule has 1 unspecified atom stereocenters. The summed E-state index contributed by atoms with van der Waals surface area (Å²) >= 11 is 2.43. The predicted molar refractivity (Wildman–Crippen MR) is 96.5 cm³/mol. The van der Waals surface area contributed by atoms with Gasteiger partial charge in [0.15, 0.2) is 0 Å². The van der Waals surface area contributed by atoms with E-state index in [1.54, 1.807) is 0 Å². The predicted octanol–water partition coefficient (Wildman–Crippen LogP) is 4.46. The Morgan fingerprint density at radius 2 is 1.81 bits per heavy atom. The fourth-order valence-electron chi connectivity index (χ4n) is 2.74. The molecule has 3 rings (SSSR count). The summed E-state index contributed by atoms with van der Waals surface area (Å²) in [6.45, 7) is 2.15. The van der Waals surface area contributed by atoms with Crippen LogP contribution in [-0.2, 0) is 0 Å². The first-order chi connectivity index (χ1) is 10.2. The number of benzene rings is 2. The average molecular weight is 388 g/mol. The lowest BCUT2D eigenvalue weighted by atomic mass is 9.95. The first-order valence-electron chi connectivity index (χ1n) is 6.97. The minimum Gasteiger partial charge on any atom is -0.309 e. The second kappa shape index (κ2) is 6.12. The summed E-state index contributed by atoms with van der Waals surface area (Å²) in [5.41, 5.74) is 3.83. The normalized spacial score (nSPS) is 12.5. The highest BCUT2D eigenvalue weighted by Crippen LogP contribution is 2.31. The summed E-state index contributed by atoms with van der Waals surface area (Å²) < 4.78 is 1.31. The van der Waals surface area contributed by atoms with Gasteiger partial charge in [0.05, 0.1) is 6.04 Å². The van der Waals surface area contributed by atoms with Gasteiger partial charge >= 0.3 is 0 Å². The molecule has 0 saturated carbocycles. The molecule has 0 radical (unpaired) electrons. The lowest BCUT2D eigenvalue weighted by Crippen LogP contribution is -2.19. The van der Waals surface area contributed by atoms with E-state index in [1.165, 1.54) is 31.0 Å². The Hall–Kier alpha value is -1.46. The van der Waals surface area contributed by atoms with Crippen LogP contribution in [0.1, 0.15) is 22.7 Å². The Bertz CT molecular complexity index is 778. The number of aromatic nitrogens is 1. The van der Waals surface area contributed by atoms with Gasteiger partial charge in [-0.05, 0) is 58.6 Å². The van der Waals surface area contributed by atoms with E-state index < -0.39 is 0 Å². The number of aryl methyl sites for hydroxylation is 1. The zero-order chi connectivity index (χ0) is 14.8. The first kappa shape index (κ1) is 14.5. The topological polar surface area (TPSA) is 24.9 Å². The molecular weight excluding hydrogens is 371 g/mol. The number of halogens is 1. The zero-order valence-corrected chi connectivity index (χ0v) is 14.3. The molecule has 1 aromatic heterocycles. The molecule has 0 aliphatic heterocycles. The van der Waals surface area contributed by atoms with Crippen molar-refractivity contribution in [2.75, 3.05) is 7.05 Å². The van der Waals surface area contributed by atoms with Crippen LogP contribution in [0.2, 0.25) is 0 Å². The first-order valence-corrected chi connectivity index (χ1v) is 8.05. The van der Waals surface area contributed by atoms with Crippen molar-refractivity contribution in [3.63, 3.8) is 0 Å². The van der Waals surface area contributed by atoms with Crippen LogP contribution >= 0.6 is 22.6 Å². The van der Waals surface area contributed by atoms with E-state index in [2.05, 4.69) is 82.3 Å². The quantitative estimate of drug-likeness (QED) is 0.671. The molecule has 0 bridgehead atoms. The van der Waals surface area contributed by atoms with Crippen molar-refractivity contribution < 1.29 is 0 Å². The molecule has 106 valence electrons. The molecule has 21 heavy (non-hydrogen) atoms. The number of hydrogen-bond donors (Lipinski definition) is 1. The van der Waals surface area contributed by atoms with Gasteiger partial charge in [-0.15, -0.1) is 0 Å². The third-order valence-electron chi connectivity index (χ3n) is 3.83. The second-order valence-electron chi connectivity index (χ2n) is 5.15. The molecule has 0 spiro atoms. The fraction of sp³-hybridized carbons (Fsp3) is 0.167. The average Bonchev–Trinajstić information content (AvgIpc) is 2.52. The molecule has 3 aromatic rings. The summed E-state index contributed by atoms with van der Waals surface area (Å²) in [5, 5.41) is 5.88. The standard InChI is InChI=1S/C18H17IN2/c1-12-6-5-9-15(17(12)19)18(20-2)16-11-21-10-13-7-3-4-8-14(13)16/h3-11,18,20H,1-2H3.